The van der Waals surface area contributed by atoms with E-state index in [0.29, 0.717) is 13.0 Å². The Labute approximate surface area is 162 Å². The zero-order chi connectivity index (χ0) is 18.9. The molecule has 0 radical (unpaired) electrons. The molecule has 2 heterocycles. The Kier molecular flexibility index (Phi) is 4.83. The zero-order valence-electron chi connectivity index (χ0n) is 15.1. The van der Waals surface area contributed by atoms with Gasteiger partial charge in [-0.15, -0.1) is 0 Å². The van der Waals surface area contributed by atoms with E-state index in [0.717, 1.165) is 41.7 Å². The van der Waals surface area contributed by atoms with E-state index in [2.05, 4.69) is 18.3 Å². The van der Waals surface area contributed by atoms with Crippen LogP contribution in [0.3, 0.4) is 0 Å². The number of hydrogen-bond acceptors (Lipinski definition) is 5. The van der Waals surface area contributed by atoms with Crippen molar-refractivity contribution in [3.05, 3.63) is 59.7 Å². The molecule has 1 fully saturated rings. The first-order valence-corrected chi connectivity index (χ1v) is 9.89. The number of para-hydroxylation sites is 1. The highest BCUT2D eigenvalue weighted by Crippen LogP contribution is 2.33. The molecule has 0 aromatic heterocycles. The Morgan fingerprint density at radius 2 is 1.96 bits per heavy atom. The molecule has 6 heteroatoms. The zero-order valence-corrected chi connectivity index (χ0v) is 15.9. The van der Waals surface area contributed by atoms with E-state index in [1.807, 2.05) is 42.5 Å². The van der Waals surface area contributed by atoms with Gasteiger partial charge in [-0.05, 0) is 55.5 Å². The van der Waals surface area contributed by atoms with Gasteiger partial charge in [0.25, 0.3) is 5.24 Å². The van der Waals surface area contributed by atoms with Crippen LogP contribution in [0.5, 0.6) is 11.5 Å². The van der Waals surface area contributed by atoms with Crippen molar-refractivity contribution in [2.24, 2.45) is 0 Å². The number of ether oxygens (including phenoxy) is 2. The summed E-state index contributed by atoms with van der Waals surface area (Å²) >= 11 is 1.05. The minimum absolute atomic E-state index is 0.215. The highest BCUT2D eigenvalue weighted by atomic mass is 32.2. The molecule has 140 valence electrons. The number of carbonyl (C=O) groups excluding carboxylic acids is 2. The van der Waals surface area contributed by atoms with Crippen LogP contribution in [0.2, 0.25) is 0 Å². The number of nitrogens with one attached hydrogen (secondary N) is 1. The SMILES string of the molecule is CC1(COc2ccc(CC3SC(=O)NC3=O)cc2)CCc2ccccc2O1. The highest BCUT2D eigenvalue weighted by Gasteiger charge is 2.33. The maximum atomic E-state index is 11.7. The first kappa shape index (κ1) is 17.9. The molecule has 0 bridgehead atoms. The second-order valence-electron chi connectivity index (χ2n) is 7.18. The van der Waals surface area contributed by atoms with Crippen molar-refractivity contribution in [1.82, 2.24) is 5.32 Å². The molecule has 2 aliphatic heterocycles. The first-order chi connectivity index (χ1) is 13.0. The Balaban J connectivity index is 1.34. The second-order valence-corrected chi connectivity index (χ2v) is 8.36. The van der Waals surface area contributed by atoms with Gasteiger partial charge in [-0.25, -0.2) is 0 Å². The maximum absolute atomic E-state index is 11.7. The van der Waals surface area contributed by atoms with E-state index in [-0.39, 0.29) is 22.0 Å². The number of benzene rings is 2. The standard InChI is InChI=1S/C21H21NO4S/c1-21(11-10-15-4-2-3-5-17(15)26-21)13-25-16-8-6-14(7-9-16)12-18-19(23)22-20(24)27-18/h2-9,18H,10-13H2,1H3,(H,22,23,24). The predicted octanol–water partition coefficient (Wildman–Crippen LogP) is 3.74. The van der Waals surface area contributed by atoms with Crippen LogP contribution in [0, 0.1) is 0 Å². The number of hydrogen-bond donors (Lipinski definition) is 1. The molecule has 2 aliphatic rings. The molecule has 0 spiro atoms. The normalized spacial score (nSPS) is 24.1. The summed E-state index contributed by atoms with van der Waals surface area (Å²) in [4.78, 5) is 22.9. The minimum atomic E-state index is -0.355. The van der Waals surface area contributed by atoms with Crippen LogP contribution >= 0.6 is 11.8 Å². The Morgan fingerprint density at radius 1 is 1.19 bits per heavy atom. The lowest BCUT2D eigenvalue weighted by Crippen LogP contribution is -2.42. The van der Waals surface area contributed by atoms with Crippen molar-refractivity contribution in [1.29, 1.82) is 0 Å². The van der Waals surface area contributed by atoms with Crippen molar-refractivity contribution >= 4 is 22.9 Å². The van der Waals surface area contributed by atoms with E-state index in [9.17, 15) is 9.59 Å². The predicted molar refractivity (Wildman–Crippen MR) is 104 cm³/mol. The topological polar surface area (TPSA) is 64.6 Å². The number of aryl methyl sites for hydroxylation is 1. The van der Waals surface area contributed by atoms with Crippen LogP contribution in [0.4, 0.5) is 4.79 Å². The fraction of sp³-hybridized carbons (Fsp3) is 0.333. The van der Waals surface area contributed by atoms with Crippen LogP contribution in [-0.4, -0.2) is 28.6 Å². The fourth-order valence-electron chi connectivity index (χ4n) is 3.33. The lowest BCUT2D eigenvalue weighted by atomic mass is 9.93. The van der Waals surface area contributed by atoms with E-state index < -0.39 is 0 Å². The molecule has 0 saturated carbocycles. The summed E-state index contributed by atoms with van der Waals surface area (Å²) in [7, 11) is 0. The number of rotatable bonds is 5. The average molecular weight is 383 g/mol. The van der Waals surface area contributed by atoms with Crippen molar-refractivity contribution in [2.45, 2.75) is 37.0 Å². The fourth-order valence-corrected chi connectivity index (χ4v) is 4.19. The number of carbonyl (C=O) groups is 2. The van der Waals surface area contributed by atoms with Gasteiger partial charge in [0.05, 0.1) is 5.25 Å². The molecule has 27 heavy (non-hydrogen) atoms. The largest absolute Gasteiger partial charge is 0.489 e. The van der Waals surface area contributed by atoms with E-state index in [1.165, 1.54) is 5.56 Å². The minimum Gasteiger partial charge on any atom is -0.489 e. The second kappa shape index (κ2) is 7.27. The van der Waals surface area contributed by atoms with Crippen molar-refractivity contribution in [3.8, 4) is 11.5 Å². The molecule has 1 saturated heterocycles. The quantitative estimate of drug-likeness (QED) is 0.852. The summed E-state index contributed by atoms with van der Waals surface area (Å²) in [5, 5.41) is 1.69. The van der Waals surface area contributed by atoms with Crippen molar-refractivity contribution in [2.75, 3.05) is 6.61 Å². The van der Waals surface area contributed by atoms with Crippen LogP contribution < -0.4 is 14.8 Å². The third kappa shape index (κ3) is 4.11. The van der Waals surface area contributed by atoms with Crippen LogP contribution in [-0.2, 0) is 17.6 Å². The summed E-state index contributed by atoms with van der Waals surface area (Å²) in [5.41, 5.74) is 1.89. The maximum Gasteiger partial charge on any atom is 0.286 e. The summed E-state index contributed by atoms with van der Waals surface area (Å²) in [6, 6.07) is 15.8. The van der Waals surface area contributed by atoms with Gasteiger partial charge in [0.1, 0.15) is 23.7 Å². The Morgan fingerprint density at radius 3 is 2.70 bits per heavy atom. The molecule has 2 atom stereocenters. The van der Waals surface area contributed by atoms with Gasteiger partial charge in [-0.2, -0.15) is 0 Å². The Hall–Kier alpha value is -2.47. The van der Waals surface area contributed by atoms with Crippen LogP contribution in [0.25, 0.3) is 0 Å². The molecular weight excluding hydrogens is 362 g/mol. The lowest BCUT2D eigenvalue weighted by Gasteiger charge is -2.35. The highest BCUT2D eigenvalue weighted by molar-refractivity contribution is 8.15. The first-order valence-electron chi connectivity index (χ1n) is 9.01. The number of thioether (sulfide) groups is 1. The van der Waals surface area contributed by atoms with Crippen LogP contribution in [0.15, 0.2) is 48.5 Å². The van der Waals surface area contributed by atoms with Crippen LogP contribution in [0.1, 0.15) is 24.5 Å². The van der Waals surface area contributed by atoms with Gasteiger partial charge in [0, 0.05) is 0 Å². The molecular formula is C21H21NO4S. The summed E-state index contributed by atoms with van der Waals surface area (Å²) in [6.45, 7) is 2.54. The number of imide groups is 1. The number of amides is 2. The monoisotopic (exact) mass is 383 g/mol. The summed E-state index contributed by atoms with van der Waals surface area (Å²) < 4.78 is 12.1. The molecule has 0 aliphatic carbocycles. The van der Waals surface area contributed by atoms with Gasteiger partial charge < -0.3 is 9.47 Å². The van der Waals surface area contributed by atoms with Gasteiger partial charge in [0.15, 0.2) is 0 Å². The lowest BCUT2D eigenvalue weighted by molar-refractivity contribution is -0.118. The summed E-state index contributed by atoms with van der Waals surface area (Å²) in [6.07, 6.45) is 2.42. The smallest absolute Gasteiger partial charge is 0.286 e. The Bertz CT molecular complexity index is 867. The van der Waals surface area contributed by atoms with E-state index >= 15 is 0 Å². The molecule has 2 aromatic carbocycles. The molecule has 2 amide bonds. The molecule has 5 nitrogen and oxygen atoms in total. The molecule has 2 aromatic rings. The summed E-state index contributed by atoms with van der Waals surface area (Å²) in [5.74, 6) is 1.49. The third-order valence-corrected chi connectivity index (χ3v) is 5.89. The molecule has 2 unspecified atom stereocenters. The van der Waals surface area contributed by atoms with Crippen molar-refractivity contribution < 1.29 is 19.1 Å². The van der Waals surface area contributed by atoms with Gasteiger partial charge in [0.2, 0.25) is 5.91 Å². The van der Waals surface area contributed by atoms with E-state index in [4.69, 9.17) is 9.47 Å². The van der Waals surface area contributed by atoms with Gasteiger partial charge in [-0.1, -0.05) is 42.1 Å². The number of fused-ring (bicyclic) bond motifs is 1. The molecule has 4 rings (SSSR count). The van der Waals surface area contributed by atoms with Crippen molar-refractivity contribution in [3.63, 3.8) is 0 Å². The molecule has 1 N–H and O–H groups in total. The van der Waals surface area contributed by atoms with Gasteiger partial charge >= 0.3 is 0 Å². The average Bonchev–Trinajstić information content (AvgIpc) is 2.98. The van der Waals surface area contributed by atoms with E-state index in [1.54, 1.807) is 0 Å². The van der Waals surface area contributed by atoms with Gasteiger partial charge in [-0.3, -0.25) is 14.9 Å². The third-order valence-electron chi connectivity index (χ3n) is 4.91.